The SMILES string of the molecule is CCc1cc(C)c(OCCO)c(C)c1. The average molecular weight is 194 g/mol. The molecule has 0 aromatic heterocycles. The zero-order chi connectivity index (χ0) is 10.6. The summed E-state index contributed by atoms with van der Waals surface area (Å²) >= 11 is 0. The van der Waals surface area contributed by atoms with Crippen molar-refractivity contribution >= 4 is 0 Å². The van der Waals surface area contributed by atoms with Crippen LogP contribution in [0.2, 0.25) is 0 Å². The predicted octanol–water partition coefficient (Wildman–Crippen LogP) is 2.24. The first kappa shape index (κ1) is 11.1. The van der Waals surface area contributed by atoms with E-state index >= 15 is 0 Å². The molecule has 14 heavy (non-hydrogen) atoms. The van der Waals surface area contributed by atoms with Crippen molar-refractivity contribution in [2.75, 3.05) is 13.2 Å². The normalized spacial score (nSPS) is 10.3. The van der Waals surface area contributed by atoms with Gasteiger partial charge in [0.05, 0.1) is 6.61 Å². The Kier molecular flexibility index (Phi) is 3.96. The third-order valence-corrected chi connectivity index (χ3v) is 2.27. The third-order valence-electron chi connectivity index (χ3n) is 2.27. The lowest BCUT2D eigenvalue weighted by Crippen LogP contribution is -2.04. The molecule has 1 aromatic rings. The number of aliphatic hydroxyl groups excluding tert-OH is 1. The Labute approximate surface area is 85.5 Å². The van der Waals surface area contributed by atoms with Crippen LogP contribution in [0.15, 0.2) is 12.1 Å². The minimum absolute atomic E-state index is 0.0639. The summed E-state index contributed by atoms with van der Waals surface area (Å²) in [5, 5.41) is 8.69. The van der Waals surface area contributed by atoms with Crippen LogP contribution in [0, 0.1) is 13.8 Å². The summed E-state index contributed by atoms with van der Waals surface area (Å²) in [6.45, 7) is 6.65. The molecule has 1 rings (SSSR count). The van der Waals surface area contributed by atoms with Crippen LogP contribution in [0.5, 0.6) is 5.75 Å². The van der Waals surface area contributed by atoms with Crippen molar-refractivity contribution in [2.24, 2.45) is 0 Å². The van der Waals surface area contributed by atoms with Crippen LogP contribution in [0.3, 0.4) is 0 Å². The average Bonchev–Trinajstić information content (AvgIpc) is 2.16. The molecule has 2 heteroatoms. The van der Waals surface area contributed by atoms with Gasteiger partial charge in [-0.2, -0.15) is 0 Å². The van der Waals surface area contributed by atoms with Gasteiger partial charge in [0.2, 0.25) is 0 Å². The first-order chi connectivity index (χ1) is 6.69. The van der Waals surface area contributed by atoms with Gasteiger partial charge in [-0.15, -0.1) is 0 Å². The van der Waals surface area contributed by atoms with Crippen molar-refractivity contribution in [1.82, 2.24) is 0 Å². The van der Waals surface area contributed by atoms with Gasteiger partial charge in [-0.1, -0.05) is 19.1 Å². The summed E-state index contributed by atoms with van der Waals surface area (Å²) in [7, 11) is 0. The Bertz CT molecular complexity index is 282. The highest BCUT2D eigenvalue weighted by atomic mass is 16.5. The molecule has 1 N–H and O–H groups in total. The quantitative estimate of drug-likeness (QED) is 0.796. The van der Waals surface area contributed by atoms with E-state index in [1.807, 2.05) is 13.8 Å². The van der Waals surface area contributed by atoms with E-state index in [9.17, 15) is 0 Å². The molecule has 0 aliphatic carbocycles. The summed E-state index contributed by atoms with van der Waals surface area (Å²) in [4.78, 5) is 0. The summed E-state index contributed by atoms with van der Waals surface area (Å²) < 4.78 is 5.47. The smallest absolute Gasteiger partial charge is 0.125 e. The van der Waals surface area contributed by atoms with Gasteiger partial charge in [0.15, 0.2) is 0 Å². The zero-order valence-electron chi connectivity index (χ0n) is 9.13. The van der Waals surface area contributed by atoms with Gasteiger partial charge in [-0.25, -0.2) is 0 Å². The lowest BCUT2D eigenvalue weighted by molar-refractivity contribution is 0.200. The molecule has 0 bridgehead atoms. The Balaban J connectivity index is 2.93. The van der Waals surface area contributed by atoms with Crippen LogP contribution in [-0.2, 0) is 6.42 Å². The highest BCUT2D eigenvalue weighted by Crippen LogP contribution is 2.24. The first-order valence-corrected chi connectivity index (χ1v) is 5.02. The van der Waals surface area contributed by atoms with Crippen molar-refractivity contribution in [1.29, 1.82) is 0 Å². The molecule has 0 radical (unpaired) electrons. The van der Waals surface area contributed by atoms with Crippen molar-refractivity contribution in [3.05, 3.63) is 28.8 Å². The maximum Gasteiger partial charge on any atom is 0.125 e. The second-order valence-corrected chi connectivity index (χ2v) is 3.48. The number of benzene rings is 1. The third kappa shape index (κ3) is 2.48. The second-order valence-electron chi connectivity index (χ2n) is 3.48. The zero-order valence-corrected chi connectivity index (χ0v) is 9.13. The largest absolute Gasteiger partial charge is 0.491 e. The van der Waals surface area contributed by atoms with Crippen molar-refractivity contribution in [3.63, 3.8) is 0 Å². The van der Waals surface area contributed by atoms with E-state index in [4.69, 9.17) is 9.84 Å². The van der Waals surface area contributed by atoms with Gasteiger partial charge in [0.1, 0.15) is 12.4 Å². The minimum Gasteiger partial charge on any atom is -0.491 e. The molecule has 0 aliphatic rings. The van der Waals surface area contributed by atoms with E-state index in [0.29, 0.717) is 6.61 Å². The summed E-state index contributed by atoms with van der Waals surface area (Å²) in [6, 6.07) is 4.28. The fourth-order valence-electron chi connectivity index (χ4n) is 1.62. The maximum atomic E-state index is 8.69. The number of rotatable bonds is 4. The van der Waals surface area contributed by atoms with Gasteiger partial charge in [-0.3, -0.25) is 0 Å². The van der Waals surface area contributed by atoms with Crippen LogP contribution >= 0.6 is 0 Å². The molecule has 0 unspecified atom stereocenters. The molecular weight excluding hydrogens is 176 g/mol. The molecule has 0 aliphatic heterocycles. The van der Waals surface area contributed by atoms with Crippen molar-refractivity contribution < 1.29 is 9.84 Å². The number of hydrogen-bond acceptors (Lipinski definition) is 2. The van der Waals surface area contributed by atoms with Crippen molar-refractivity contribution in [2.45, 2.75) is 27.2 Å². The van der Waals surface area contributed by atoms with Crippen molar-refractivity contribution in [3.8, 4) is 5.75 Å². The fourth-order valence-corrected chi connectivity index (χ4v) is 1.62. The Hall–Kier alpha value is -1.02. The molecule has 0 saturated heterocycles. The van der Waals surface area contributed by atoms with Gasteiger partial charge in [-0.05, 0) is 37.0 Å². The molecule has 0 amide bonds. The van der Waals surface area contributed by atoms with Gasteiger partial charge in [0.25, 0.3) is 0 Å². The molecular formula is C12H18O2. The standard InChI is InChI=1S/C12H18O2/c1-4-11-7-9(2)12(10(3)8-11)14-6-5-13/h7-8,13H,4-6H2,1-3H3. The highest BCUT2D eigenvalue weighted by Gasteiger charge is 2.05. The van der Waals surface area contributed by atoms with Crippen LogP contribution in [0.25, 0.3) is 0 Å². The fraction of sp³-hybridized carbons (Fsp3) is 0.500. The maximum absolute atomic E-state index is 8.69. The van der Waals surface area contributed by atoms with E-state index in [2.05, 4.69) is 19.1 Å². The summed E-state index contributed by atoms with van der Waals surface area (Å²) in [5.41, 5.74) is 3.63. The Morgan fingerprint density at radius 2 is 1.79 bits per heavy atom. The van der Waals surface area contributed by atoms with Gasteiger partial charge in [0, 0.05) is 0 Å². The molecule has 0 fully saturated rings. The topological polar surface area (TPSA) is 29.5 Å². The lowest BCUT2D eigenvalue weighted by atomic mass is 10.0. The number of aryl methyl sites for hydroxylation is 3. The molecule has 1 aromatic carbocycles. The second kappa shape index (κ2) is 5.01. The molecule has 78 valence electrons. The van der Waals surface area contributed by atoms with Gasteiger partial charge >= 0.3 is 0 Å². The van der Waals surface area contributed by atoms with Crippen LogP contribution in [-0.4, -0.2) is 18.3 Å². The van der Waals surface area contributed by atoms with Crippen LogP contribution in [0.1, 0.15) is 23.6 Å². The Morgan fingerprint density at radius 1 is 1.21 bits per heavy atom. The van der Waals surface area contributed by atoms with Crippen LogP contribution < -0.4 is 4.74 Å². The van der Waals surface area contributed by atoms with E-state index in [1.54, 1.807) is 0 Å². The Morgan fingerprint density at radius 3 is 2.21 bits per heavy atom. The van der Waals surface area contributed by atoms with Crippen LogP contribution in [0.4, 0.5) is 0 Å². The first-order valence-electron chi connectivity index (χ1n) is 5.02. The van der Waals surface area contributed by atoms with E-state index < -0.39 is 0 Å². The predicted molar refractivity (Wildman–Crippen MR) is 57.9 cm³/mol. The van der Waals surface area contributed by atoms with Gasteiger partial charge < -0.3 is 9.84 Å². The summed E-state index contributed by atoms with van der Waals surface area (Å²) in [5.74, 6) is 0.913. The highest BCUT2D eigenvalue weighted by molar-refractivity contribution is 5.43. The van der Waals surface area contributed by atoms with E-state index in [0.717, 1.165) is 23.3 Å². The number of ether oxygens (including phenoxy) is 1. The molecule has 2 nitrogen and oxygen atoms in total. The van der Waals surface area contributed by atoms with E-state index in [1.165, 1.54) is 5.56 Å². The monoisotopic (exact) mass is 194 g/mol. The summed E-state index contributed by atoms with van der Waals surface area (Å²) in [6.07, 6.45) is 1.04. The van der Waals surface area contributed by atoms with E-state index in [-0.39, 0.29) is 6.61 Å². The molecule has 0 saturated carbocycles. The molecule has 0 heterocycles. The minimum atomic E-state index is 0.0639. The lowest BCUT2D eigenvalue weighted by Gasteiger charge is -2.12. The molecule has 0 atom stereocenters. The molecule has 0 spiro atoms. The number of hydrogen-bond donors (Lipinski definition) is 1. The number of aliphatic hydroxyl groups is 1.